The molecule has 0 radical (unpaired) electrons. The predicted molar refractivity (Wildman–Crippen MR) is 69.1 cm³/mol. The molecule has 1 aromatic heterocycles. The lowest BCUT2D eigenvalue weighted by Gasteiger charge is -2.12. The summed E-state index contributed by atoms with van der Waals surface area (Å²) in [7, 11) is 1.33. The van der Waals surface area contributed by atoms with Gasteiger partial charge in [0, 0.05) is 0 Å². The molecular weight excluding hydrogens is 262 g/mol. The van der Waals surface area contributed by atoms with Gasteiger partial charge in [-0.2, -0.15) is 0 Å². The molecule has 2 heterocycles. The first-order valence-corrected chi connectivity index (χ1v) is 6.43. The number of benzene rings is 1. The summed E-state index contributed by atoms with van der Waals surface area (Å²) in [5, 5.41) is 17.2. The van der Waals surface area contributed by atoms with Crippen molar-refractivity contribution in [2.75, 3.05) is 13.7 Å². The molecule has 1 aromatic carbocycles. The van der Waals surface area contributed by atoms with Crippen molar-refractivity contribution in [2.45, 2.75) is 25.2 Å². The molecule has 0 spiro atoms. The van der Waals surface area contributed by atoms with Gasteiger partial charge < -0.3 is 14.6 Å². The number of aromatic nitrogens is 3. The number of aliphatic hydroxyl groups is 1. The minimum atomic E-state index is -0.441. The maximum Gasteiger partial charge on any atom is 0.340 e. The van der Waals surface area contributed by atoms with Gasteiger partial charge in [0.05, 0.1) is 30.9 Å². The van der Waals surface area contributed by atoms with Crippen LogP contribution in [0, 0.1) is 0 Å². The van der Waals surface area contributed by atoms with Gasteiger partial charge in [0.2, 0.25) is 0 Å². The number of hydrogen-bond donors (Lipinski definition) is 1. The van der Waals surface area contributed by atoms with Crippen molar-refractivity contribution in [3.8, 4) is 0 Å². The van der Waals surface area contributed by atoms with Crippen LogP contribution in [-0.4, -0.2) is 45.9 Å². The first kappa shape index (κ1) is 13.0. The van der Waals surface area contributed by atoms with E-state index in [1.54, 1.807) is 16.8 Å². The summed E-state index contributed by atoms with van der Waals surface area (Å²) < 4.78 is 12.1. The summed E-state index contributed by atoms with van der Waals surface area (Å²) in [5.74, 6) is -0.441. The van der Waals surface area contributed by atoms with E-state index in [1.165, 1.54) is 7.11 Å². The number of ether oxygens (including phenoxy) is 2. The number of carbonyl (C=O) groups excluding carboxylic acids is 1. The number of fused-ring (bicyclic) bond motifs is 1. The Balaban J connectivity index is 2.00. The van der Waals surface area contributed by atoms with E-state index in [1.807, 2.05) is 6.07 Å². The number of aliphatic hydroxyl groups excluding tert-OH is 1. The molecule has 1 aliphatic heterocycles. The van der Waals surface area contributed by atoms with Crippen molar-refractivity contribution >= 4 is 17.0 Å². The van der Waals surface area contributed by atoms with Crippen molar-refractivity contribution < 1.29 is 19.4 Å². The number of methoxy groups -OCH3 is 1. The van der Waals surface area contributed by atoms with E-state index < -0.39 is 5.97 Å². The van der Waals surface area contributed by atoms with Crippen molar-refractivity contribution in [1.29, 1.82) is 0 Å². The predicted octanol–water partition coefficient (Wildman–Crippen LogP) is 0.888. The first-order chi connectivity index (χ1) is 9.74. The number of carbonyl (C=O) groups is 1. The quantitative estimate of drug-likeness (QED) is 0.838. The summed E-state index contributed by atoms with van der Waals surface area (Å²) in [4.78, 5) is 11.7. The summed E-state index contributed by atoms with van der Waals surface area (Å²) in [6, 6.07) is 5.24. The molecule has 1 fully saturated rings. The maximum atomic E-state index is 11.7. The minimum absolute atomic E-state index is 0.00343. The van der Waals surface area contributed by atoms with Gasteiger partial charge in [-0.1, -0.05) is 11.3 Å². The lowest BCUT2D eigenvalue weighted by atomic mass is 10.2. The van der Waals surface area contributed by atoms with Gasteiger partial charge >= 0.3 is 5.97 Å². The molecule has 1 aliphatic rings. The number of hydrogen-bond acceptors (Lipinski definition) is 6. The zero-order valence-corrected chi connectivity index (χ0v) is 11.0. The van der Waals surface area contributed by atoms with E-state index in [-0.39, 0.29) is 18.9 Å². The van der Waals surface area contributed by atoms with E-state index in [0.29, 0.717) is 11.1 Å². The Morgan fingerprint density at radius 2 is 2.40 bits per heavy atom. The molecule has 1 saturated heterocycles. The van der Waals surface area contributed by atoms with E-state index in [9.17, 15) is 4.79 Å². The van der Waals surface area contributed by atoms with E-state index >= 15 is 0 Å². The molecule has 1 N–H and O–H groups in total. The highest BCUT2D eigenvalue weighted by Crippen LogP contribution is 2.30. The molecule has 0 bridgehead atoms. The van der Waals surface area contributed by atoms with Gasteiger partial charge in [0.25, 0.3) is 0 Å². The van der Waals surface area contributed by atoms with Crippen LogP contribution in [0.4, 0.5) is 0 Å². The number of nitrogens with zero attached hydrogens (tertiary/aromatic N) is 3. The van der Waals surface area contributed by atoms with Crippen LogP contribution < -0.4 is 0 Å². The minimum Gasteiger partial charge on any atom is -0.465 e. The molecule has 0 aliphatic carbocycles. The average molecular weight is 277 g/mol. The highest BCUT2D eigenvalue weighted by molar-refractivity contribution is 6.01. The van der Waals surface area contributed by atoms with Crippen molar-refractivity contribution in [2.24, 2.45) is 0 Å². The maximum absolute atomic E-state index is 11.7. The SMILES string of the molecule is COC(=O)c1cccc2c1nnn2C1CCC(CO)O1. The van der Waals surface area contributed by atoms with Crippen LogP contribution in [0.2, 0.25) is 0 Å². The Morgan fingerprint density at radius 1 is 1.55 bits per heavy atom. The molecule has 2 atom stereocenters. The Bertz CT molecular complexity index is 640. The third-order valence-electron chi connectivity index (χ3n) is 3.47. The van der Waals surface area contributed by atoms with Crippen LogP contribution >= 0.6 is 0 Å². The molecule has 2 unspecified atom stereocenters. The fourth-order valence-corrected chi connectivity index (χ4v) is 2.45. The monoisotopic (exact) mass is 277 g/mol. The molecule has 2 aromatic rings. The molecular formula is C13H15N3O4. The fourth-order valence-electron chi connectivity index (χ4n) is 2.45. The number of esters is 1. The van der Waals surface area contributed by atoms with Crippen LogP contribution in [0.5, 0.6) is 0 Å². The van der Waals surface area contributed by atoms with Gasteiger partial charge in [-0.05, 0) is 25.0 Å². The van der Waals surface area contributed by atoms with Gasteiger partial charge in [0.15, 0.2) is 6.23 Å². The number of rotatable bonds is 3. The van der Waals surface area contributed by atoms with E-state index in [4.69, 9.17) is 14.6 Å². The summed E-state index contributed by atoms with van der Waals surface area (Å²) in [6.07, 6.45) is 1.11. The zero-order valence-electron chi connectivity index (χ0n) is 11.0. The third-order valence-corrected chi connectivity index (χ3v) is 3.47. The van der Waals surface area contributed by atoms with Crippen LogP contribution in [0.15, 0.2) is 18.2 Å². The fraction of sp³-hybridized carbons (Fsp3) is 0.462. The molecule has 7 heteroatoms. The van der Waals surface area contributed by atoms with Crippen molar-refractivity contribution in [3.05, 3.63) is 23.8 Å². The second-order valence-electron chi connectivity index (χ2n) is 4.67. The third kappa shape index (κ3) is 2.04. The summed E-state index contributed by atoms with van der Waals surface area (Å²) in [6.45, 7) is -0.00343. The summed E-state index contributed by atoms with van der Waals surface area (Å²) >= 11 is 0. The van der Waals surface area contributed by atoms with Crippen LogP contribution in [0.1, 0.15) is 29.4 Å². The lowest BCUT2D eigenvalue weighted by molar-refractivity contribution is -0.0268. The highest BCUT2D eigenvalue weighted by atomic mass is 16.5. The van der Waals surface area contributed by atoms with Crippen molar-refractivity contribution in [3.63, 3.8) is 0 Å². The Morgan fingerprint density at radius 3 is 3.10 bits per heavy atom. The zero-order chi connectivity index (χ0) is 14.1. The highest BCUT2D eigenvalue weighted by Gasteiger charge is 2.28. The van der Waals surface area contributed by atoms with Crippen LogP contribution in [0.3, 0.4) is 0 Å². The van der Waals surface area contributed by atoms with Crippen LogP contribution in [-0.2, 0) is 9.47 Å². The Labute approximate surface area is 115 Å². The normalized spacial score (nSPS) is 22.3. The second-order valence-corrected chi connectivity index (χ2v) is 4.67. The van der Waals surface area contributed by atoms with E-state index in [0.717, 1.165) is 18.4 Å². The standard InChI is InChI=1S/C13H15N3O4/c1-19-13(18)9-3-2-4-10-12(9)14-15-16(10)11-6-5-8(7-17)20-11/h2-4,8,11,17H,5-7H2,1H3. The molecule has 0 amide bonds. The average Bonchev–Trinajstić information content (AvgIpc) is 3.11. The lowest BCUT2D eigenvalue weighted by Crippen LogP contribution is -2.15. The molecule has 106 valence electrons. The Hall–Kier alpha value is -1.99. The summed E-state index contributed by atoms with van der Waals surface area (Å²) in [5.41, 5.74) is 1.60. The van der Waals surface area contributed by atoms with Gasteiger partial charge in [-0.25, -0.2) is 9.48 Å². The van der Waals surface area contributed by atoms with Gasteiger partial charge in [-0.3, -0.25) is 0 Å². The van der Waals surface area contributed by atoms with Gasteiger partial charge in [-0.15, -0.1) is 5.10 Å². The Kier molecular flexibility index (Phi) is 3.37. The topological polar surface area (TPSA) is 86.5 Å². The van der Waals surface area contributed by atoms with Crippen molar-refractivity contribution in [1.82, 2.24) is 15.0 Å². The first-order valence-electron chi connectivity index (χ1n) is 6.43. The molecule has 20 heavy (non-hydrogen) atoms. The molecule has 3 rings (SSSR count). The largest absolute Gasteiger partial charge is 0.465 e. The van der Waals surface area contributed by atoms with Crippen LogP contribution in [0.25, 0.3) is 11.0 Å². The molecule has 0 saturated carbocycles. The smallest absolute Gasteiger partial charge is 0.340 e. The second kappa shape index (κ2) is 5.18. The van der Waals surface area contributed by atoms with Gasteiger partial charge in [0.1, 0.15) is 5.52 Å². The van der Waals surface area contributed by atoms with E-state index in [2.05, 4.69) is 10.3 Å². The molecule has 7 nitrogen and oxygen atoms in total.